The first kappa shape index (κ1) is 28.6. The molecule has 20 heavy (non-hydrogen) atoms. The average Bonchev–Trinajstić information content (AvgIpc) is 1.95. The number of hydrogen-bond acceptors (Lipinski definition) is 7. The maximum atomic E-state index is 10.3. The summed E-state index contributed by atoms with van der Waals surface area (Å²) in [6.45, 7) is 0. The quantitative estimate of drug-likeness (QED) is 0.276. The van der Waals surface area contributed by atoms with Crippen LogP contribution in [-0.2, 0) is 18.9 Å². The van der Waals surface area contributed by atoms with Crippen molar-refractivity contribution >= 4 is 25.8 Å². The van der Waals surface area contributed by atoms with Crippen LogP contribution < -0.4 is 68.9 Å². The minimum atomic E-state index is -5.64. The van der Waals surface area contributed by atoms with Crippen molar-refractivity contribution in [1.82, 2.24) is 0 Å². The van der Waals surface area contributed by atoms with Gasteiger partial charge in [-0.05, 0) is 0 Å². The zero-order chi connectivity index (χ0) is 15.1. The summed E-state index contributed by atoms with van der Waals surface area (Å²) in [5, 5.41) is 33.8. The number of carbonyl (C=O) groups is 3. The average molecular weight is 336 g/mol. The van der Waals surface area contributed by atoms with Crippen LogP contribution in [0.5, 0.6) is 0 Å². The van der Waals surface area contributed by atoms with E-state index in [2.05, 4.69) is 0 Å². The topological polar surface area (TPSA) is 195 Å². The predicted octanol–water partition coefficient (Wildman–Crippen LogP) is -8.46. The van der Waals surface area contributed by atoms with Gasteiger partial charge in [0.1, 0.15) is 7.91 Å². The largest absolute Gasteiger partial charge is 1.00 e. The van der Waals surface area contributed by atoms with E-state index in [4.69, 9.17) is 34.8 Å². The molecule has 0 saturated carbocycles. The zero-order valence-electron chi connectivity index (χ0n) is 10.5. The molecule has 0 aromatic rings. The van der Waals surface area contributed by atoms with Crippen molar-refractivity contribution in [2.24, 2.45) is 0 Å². The molecule has 0 saturated heterocycles. The fourth-order valence-electron chi connectivity index (χ4n) is 0.714. The summed E-state index contributed by atoms with van der Waals surface area (Å²) in [7, 11) is -5.64. The first-order chi connectivity index (χ1) is 7.78. The minimum Gasteiger partial charge on any atom is -0.786 e. The van der Waals surface area contributed by atoms with Gasteiger partial charge in [0, 0.05) is 0 Å². The number of aliphatic hydroxyl groups is 1. The molecule has 4 N–H and O–H groups in total. The minimum absolute atomic E-state index is 0. The van der Waals surface area contributed by atoms with Crippen LogP contribution in [0.2, 0.25) is 0 Å². The standard InChI is InChI=1S/C6H8O7.FH2O3P.2Na/c7-3(8)1-6(13,5(11)12)2-4(9)10;1-5(2,3)4;;/h13H,1-2H2,(H,7,8)(H,9,10)(H,11,12);(H2,2,3,4);;/q;;2*+1/p-2. The molecule has 106 valence electrons. The third-order valence-corrected chi connectivity index (χ3v) is 1.29. The second kappa shape index (κ2) is 12.0. The van der Waals surface area contributed by atoms with Gasteiger partial charge < -0.3 is 34.8 Å². The van der Waals surface area contributed by atoms with E-state index in [1.54, 1.807) is 0 Å². The Morgan fingerprint density at radius 1 is 1.00 bits per heavy atom. The smallest absolute Gasteiger partial charge is 0.786 e. The molecule has 0 rings (SSSR count). The van der Waals surface area contributed by atoms with Crippen LogP contribution in [-0.4, -0.2) is 43.9 Å². The third-order valence-electron chi connectivity index (χ3n) is 1.29. The molecule has 0 heterocycles. The van der Waals surface area contributed by atoms with Gasteiger partial charge in [0.2, 0.25) is 0 Å². The van der Waals surface area contributed by atoms with Crippen LogP contribution in [0.25, 0.3) is 0 Å². The molecule has 0 atom stereocenters. The van der Waals surface area contributed by atoms with Crippen LogP contribution in [0.1, 0.15) is 12.8 Å². The number of halogens is 1. The molecule has 14 heteroatoms. The van der Waals surface area contributed by atoms with E-state index in [1.807, 2.05) is 0 Å². The molecular formula is C6H8FNa2O10P. The Morgan fingerprint density at radius 3 is 1.30 bits per heavy atom. The summed E-state index contributed by atoms with van der Waals surface area (Å²) in [5.74, 6) is -5.02. The van der Waals surface area contributed by atoms with Crippen molar-refractivity contribution in [3.05, 3.63) is 0 Å². The summed E-state index contributed by atoms with van der Waals surface area (Å²) in [6.07, 6.45) is -2.29. The Balaban J connectivity index is -0.000000158. The van der Waals surface area contributed by atoms with Gasteiger partial charge in [-0.15, -0.1) is 0 Å². The number of rotatable bonds is 5. The van der Waals surface area contributed by atoms with Gasteiger partial charge in [-0.1, -0.05) is 0 Å². The van der Waals surface area contributed by atoms with E-state index in [1.165, 1.54) is 0 Å². The third kappa shape index (κ3) is 20.8. The van der Waals surface area contributed by atoms with Gasteiger partial charge in [-0.25, -0.2) is 8.99 Å². The van der Waals surface area contributed by atoms with Gasteiger partial charge in [0.15, 0.2) is 5.60 Å². The van der Waals surface area contributed by atoms with Gasteiger partial charge in [0.05, 0.1) is 12.8 Å². The summed E-state index contributed by atoms with van der Waals surface area (Å²) in [5.41, 5.74) is -2.74. The van der Waals surface area contributed by atoms with Gasteiger partial charge in [-0.2, -0.15) is 0 Å². The maximum Gasteiger partial charge on any atom is 1.00 e. The monoisotopic (exact) mass is 336 g/mol. The SMILES string of the molecule is O=C(O)CC(O)(CC(=O)O)C(=O)O.O=P([O-])([O-])F.[Na+].[Na+]. The van der Waals surface area contributed by atoms with Crippen molar-refractivity contribution in [2.75, 3.05) is 0 Å². The Bertz CT molecular complexity index is 358. The molecule has 0 amide bonds. The Hall–Kier alpha value is 0.450. The van der Waals surface area contributed by atoms with Gasteiger partial charge in [0.25, 0.3) is 0 Å². The maximum absolute atomic E-state index is 10.3. The number of hydrogen-bond donors (Lipinski definition) is 4. The van der Waals surface area contributed by atoms with Crippen LogP contribution in [0, 0.1) is 0 Å². The van der Waals surface area contributed by atoms with Crippen molar-refractivity contribution < 1.29 is 112 Å². The Kier molecular flexibility index (Phi) is 17.2. The summed E-state index contributed by atoms with van der Waals surface area (Å²) in [6, 6.07) is 0. The Labute approximate surface area is 155 Å². The first-order valence-corrected chi connectivity index (χ1v) is 5.32. The molecule has 0 radical (unpaired) electrons. The van der Waals surface area contributed by atoms with Crippen molar-refractivity contribution in [3.8, 4) is 0 Å². The molecule has 0 aliphatic rings. The fraction of sp³-hybridized carbons (Fsp3) is 0.500. The second-order valence-corrected chi connectivity index (χ2v) is 3.77. The Morgan fingerprint density at radius 2 is 1.20 bits per heavy atom. The van der Waals surface area contributed by atoms with E-state index in [0.29, 0.717) is 0 Å². The summed E-state index contributed by atoms with van der Waals surface area (Å²) >= 11 is 0. The number of carboxylic acids is 3. The molecule has 0 fully saturated rings. The molecule has 0 aliphatic carbocycles. The molecule has 10 nitrogen and oxygen atoms in total. The molecule has 0 aliphatic heterocycles. The molecule has 0 bridgehead atoms. The van der Waals surface area contributed by atoms with E-state index in [0.717, 1.165) is 0 Å². The molecular weight excluding hydrogens is 328 g/mol. The van der Waals surface area contributed by atoms with Crippen LogP contribution in [0.4, 0.5) is 4.20 Å². The fourth-order valence-corrected chi connectivity index (χ4v) is 0.714. The van der Waals surface area contributed by atoms with Gasteiger partial charge in [-0.3, -0.25) is 9.59 Å². The summed E-state index contributed by atoms with van der Waals surface area (Å²) in [4.78, 5) is 47.4. The van der Waals surface area contributed by atoms with Crippen LogP contribution in [0.3, 0.4) is 0 Å². The van der Waals surface area contributed by atoms with E-state index in [-0.39, 0.29) is 59.1 Å². The number of carboxylic acid groups (broad SMARTS) is 3. The van der Waals surface area contributed by atoms with Crippen molar-refractivity contribution in [2.45, 2.75) is 18.4 Å². The van der Waals surface area contributed by atoms with E-state index in [9.17, 15) is 18.6 Å². The van der Waals surface area contributed by atoms with E-state index >= 15 is 0 Å². The molecule has 0 aromatic carbocycles. The zero-order valence-corrected chi connectivity index (χ0v) is 15.4. The number of aliphatic carboxylic acids is 3. The first-order valence-electron chi connectivity index (χ1n) is 3.89. The normalized spacial score (nSPS) is 10.0. The van der Waals surface area contributed by atoms with Crippen LogP contribution >= 0.6 is 7.91 Å². The molecule has 0 spiro atoms. The molecule has 0 unspecified atom stereocenters. The summed E-state index contributed by atoms with van der Waals surface area (Å²) < 4.78 is 18.6. The van der Waals surface area contributed by atoms with Gasteiger partial charge >= 0.3 is 77.0 Å². The molecule has 0 aromatic heterocycles. The van der Waals surface area contributed by atoms with Crippen molar-refractivity contribution in [3.63, 3.8) is 0 Å². The predicted molar refractivity (Wildman–Crippen MR) is 45.8 cm³/mol. The van der Waals surface area contributed by atoms with E-state index < -0.39 is 44.3 Å². The van der Waals surface area contributed by atoms with Crippen LogP contribution in [0.15, 0.2) is 0 Å². The second-order valence-electron chi connectivity index (χ2n) is 2.91. The van der Waals surface area contributed by atoms with Crippen molar-refractivity contribution in [1.29, 1.82) is 0 Å².